The molecule has 0 aromatic rings. The van der Waals surface area contributed by atoms with Gasteiger partial charge in [-0.15, -0.1) is 0 Å². The van der Waals surface area contributed by atoms with E-state index in [2.05, 4.69) is 33.8 Å². The summed E-state index contributed by atoms with van der Waals surface area (Å²) >= 11 is 0. The van der Waals surface area contributed by atoms with Crippen LogP contribution in [0.15, 0.2) is 11.6 Å². The SMILES string of the molecule is C[C@@H]1CC[C@@]2(OC1)O[C@H]1C[C@H]3[C@@H]4CC=C5C[C@@H](O[C@@H]6O[C@H](CO)[C@@H](O)[C@H](O)[C@H]6O[C@@H]6O[C@@H](C)[C@H](O)[C@@H](O)[C@H]6O)CC[C@]5(C)[C@H]4CC[C@]3(C)[C@H]1[C@@H]2C. The van der Waals surface area contributed by atoms with Gasteiger partial charge in [0.25, 0.3) is 0 Å². The van der Waals surface area contributed by atoms with Crippen LogP contribution in [-0.2, 0) is 28.4 Å². The molecule has 7 fully saturated rings. The first-order valence-corrected chi connectivity index (χ1v) is 19.8. The number of allylic oxidation sites excluding steroid dienone is 1. The van der Waals surface area contributed by atoms with Crippen LogP contribution < -0.4 is 0 Å². The molecule has 290 valence electrons. The summed E-state index contributed by atoms with van der Waals surface area (Å²) in [5, 5.41) is 62.9. The van der Waals surface area contributed by atoms with Crippen molar-refractivity contribution in [3.8, 4) is 0 Å². The molecule has 0 aromatic carbocycles. The Morgan fingerprint density at radius 2 is 1.61 bits per heavy atom. The Balaban J connectivity index is 0.964. The second-order valence-corrected chi connectivity index (χ2v) is 18.3. The average Bonchev–Trinajstić information content (AvgIpc) is 3.56. The maximum Gasteiger partial charge on any atom is 0.187 e. The quantitative estimate of drug-likeness (QED) is 0.229. The predicted molar refractivity (Wildman–Crippen MR) is 182 cm³/mol. The van der Waals surface area contributed by atoms with Crippen molar-refractivity contribution in [3.05, 3.63) is 11.6 Å². The summed E-state index contributed by atoms with van der Waals surface area (Å²) in [5.74, 6) is 2.92. The fraction of sp³-hybridized carbons (Fsp3) is 0.949. The average molecular weight is 723 g/mol. The zero-order chi connectivity index (χ0) is 36.2. The third-order valence-electron chi connectivity index (χ3n) is 15.6. The zero-order valence-electron chi connectivity index (χ0n) is 30.9. The molecular weight excluding hydrogens is 660 g/mol. The number of hydrogen-bond donors (Lipinski definition) is 6. The molecule has 0 amide bonds. The van der Waals surface area contributed by atoms with Crippen LogP contribution in [-0.4, -0.2) is 123 Å². The highest BCUT2D eigenvalue weighted by Crippen LogP contribution is 2.70. The molecule has 0 aromatic heterocycles. The van der Waals surface area contributed by atoms with Crippen LogP contribution in [0.2, 0.25) is 0 Å². The Morgan fingerprint density at radius 3 is 2.33 bits per heavy atom. The van der Waals surface area contributed by atoms with Crippen molar-refractivity contribution in [2.45, 2.75) is 172 Å². The van der Waals surface area contributed by atoms with Gasteiger partial charge in [-0.25, -0.2) is 0 Å². The lowest BCUT2D eigenvalue weighted by atomic mass is 9.47. The van der Waals surface area contributed by atoms with Crippen molar-refractivity contribution in [2.75, 3.05) is 13.2 Å². The number of aliphatic hydroxyl groups is 6. The van der Waals surface area contributed by atoms with Gasteiger partial charge in [0.1, 0.15) is 42.7 Å². The first-order valence-electron chi connectivity index (χ1n) is 19.8. The fourth-order valence-corrected chi connectivity index (χ4v) is 12.5. The van der Waals surface area contributed by atoms with Crippen molar-refractivity contribution in [1.82, 2.24) is 0 Å². The number of rotatable bonds is 5. The van der Waals surface area contributed by atoms with Crippen LogP contribution in [0, 0.1) is 46.3 Å². The molecule has 0 radical (unpaired) electrons. The van der Waals surface area contributed by atoms with E-state index in [0.29, 0.717) is 41.9 Å². The summed E-state index contributed by atoms with van der Waals surface area (Å²) in [5.41, 5.74) is 1.70. The molecule has 0 bridgehead atoms. The first kappa shape index (κ1) is 37.2. The van der Waals surface area contributed by atoms with Gasteiger partial charge in [0.05, 0.1) is 31.5 Å². The smallest absolute Gasteiger partial charge is 0.187 e. The van der Waals surface area contributed by atoms with Crippen LogP contribution in [0.3, 0.4) is 0 Å². The molecule has 1 spiro atoms. The minimum absolute atomic E-state index is 0.0535. The first-order chi connectivity index (χ1) is 24.2. The molecule has 8 aliphatic rings. The molecule has 4 aliphatic carbocycles. The molecule has 0 unspecified atom stereocenters. The highest BCUT2D eigenvalue weighted by molar-refractivity contribution is 5.26. The highest BCUT2D eigenvalue weighted by atomic mass is 16.8. The monoisotopic (exact) mass is 722 g/mol. The molecular formula is C39H62O12. The molecule has 8 rings (SSSR count). The minimum atomic E-state index is -1.61. The summed E-state index contributed by atoms with van der Waals surface area (Å²) in [4.78, 5) is 0. The van der Waals surface area contributed by atoms with E-state index in [-0.39, 0.29) is 23.0 Å². The minimum Gasteiger partial charge on any atom is -0.394 e. The van der Waals surface area contributed by atoms with E-state index in [1.807, 2.05) is 0 Å². The van der Waals surface area contributed by atoms with Gasteiger partial charge in [-0.05, 0) is 98.7 Å². The third-order valence-corrected chi connectivity index (χ3v) is 15.6. The summed E-state index contributed by atoms with van der Waals surface area (Å²) in [6, 6.07) is 0. The largest absolute Gasteiger partial charge is 0.394 e. The Hall–Kier alpha value is -0.740. The zero-order valence-corrected chi connectivity index (χ0v) is 30.9. The molecule has 4 heterocycles. The Kier molecular flexibility index (Phi) is 9.83. The lowest BCUT2D eigenvalue weighted by molar-refractivity contribution is -0.369. The summed E-state index contributed by atoms with van der Waals surface area (Å²) < 4.78 is 37.6. The molecule has 4 aliphatic heterocycles. The van der Waals surface area contributed by atoms with Crippen molar-refractivity contribution in [1.29, 1.82) is 0 Å². The summed E-state index contributed by atoms with van der Waals surface area (Å²) in [6.45, 7) is 11.5. The summed E-state index contributed by atoms with van der Waals surface area (Å²) in [7, 11) is 0. The van der Waals surface area contributed by atoms with Crippen molar-refractivity contribution in [2.24, 2.45) is 46.3 Å². The van der Waals surface area contributed by atoms with E-state index >= 15 is 0 Å². The molecule has 3 saturated carbocycles. The number of aliphatic hydroxyl groups excluding tert-OH is 6. The molecule has 51 heavy (non-hydrogen) atoms. The van der Waals surface area contributed by atoms with E-state index in [1.165, 1.54) is 31.8 Å². The summed E-state index contributed by atoms with van der Waals surface area (Å²) in [6.07, 6.45) is -1.68. The van der Waals surface area contributed by atoms with Crippen molar-refractivity contribution in [3.63, 3.8) is 0 Å². The Labute approximate surface area is 301 Å². The van der Waals surface area contributed by atoms with E-state index in [4.69, 9.17) is 28.4 Å². The van der Waals surface area contributed by atoms with Crippen LogP contribution in [0.25, 0.3) is 0 Å². The van der Waals surface area contributed by atoms with Gasteiger partial charge in [-0.3, -0.25) is 0 Å². The molecule has 12 nitrogen and oxygen atoms in total. The normalized spacial score (nSPS) is 58.4. The van der Waals surface area contributed by atoms with Crippen LogP contribution in [0.1, 0.15) is 92.4 Å². The maximum absolute atomic E-state index is 11.1. The van der Waals surface area contributed by atoms with E-state index in [1.54, 1.807) is 0 Å². The molecule has 4 saturated heterocycles. The number of hydrogen-bond acceptors (Lipinski definition) is 12. The fourth-order valence-electron chi connectivity index (χ4n) is 12.5. The van der Waals surface area contributed by atoms with Crippen LogP contribution in [0.4, 0.5) is 0 Å². The van der Waals surface area contributed by atoms with Gasteiger partial charge in [0.15, 0.2) is 18.4 Å². The van der Waals surface area contributed by atoms with E-state index in [9.17, 15) is 30.6 Å². The number of ether oxygens (including phenoxy) is 6. The van der Waals surface area contributed by atoms with Gasteiger partial charge >= 0.3 is 0 Å². The van der Waals surface area contributed by atoms with Crippen LogP contribution >= 0.6 is 0 Å². The third kappa shape index (κ3) is 5.84. The maximum atomic E-state index is 11.1. The van der Waals surface area contributed by atoms with Gasteiger partial charge < -0.3 is 59.1 Å². The van der Waals surface area contributed by atoms with Gasteiger partial charge in [-0.1, -0.05) is 39.3 Å². The predicted octanol–water partition coefficient (Wildman–Crippen LogP) is 2.39. The van der Waals surface area contributed by atoms with Gasteiger partial charge in [0, 0.05) is 12.3 Å². The molecule has 6 N–H and O–H groups in total. The van der Waals surface area contributed by atoms with Crippen molar-refractivity contribution < 1.29 is 59.1 Å². The van der Waals surface area contributed by atoms with E-state index < -0.39 is 73.8 Å². The van der Waals surface area contributed by atoms with Crippen molar-refractivity contribution >= 4 is 0 Å². The highest BCUT2D eigenvalue weighted by Gasteiger charge is 2.68. The molecule has 21 atom stereocenters. The van der Waals surface area contributed by atoms with E-state index in [0.717, 1.165) is 38.7 Å². The van der Waals surface area contributed by atoms with Gasteiger partial charge in [0.2, 0.25) is 0 Å². The lowest BCUT2D eigenvalue weighted by Crippen LogP contribution is -2.64. The Morgan fingerprint density at radius 1 is 0.824 bits per heavy atom. The lowest BCUT2D eigenvalue weighted by Gasteiger charge is -2.58. The topological polar surface area (TPSA) is 177 Å². The van der Waals surface area contributed by atoms with Gasteiger partial charge in [-0.2, -0.15) is 0 Å². The van der Waals surface area contributed by atoms with Crippen LogP contribution in [0.5, 0.6) is 0 Å². The second kappa shape index (κ2) is 13.5. The number of fused-ring (bicyclic) bond motifs is 7. The second-order valence-electron chi connectivity index (χ2n) is 18.3. The molecule has 12 heteroatoms. The Bertz CT molecular complexity index is 1300. The standard InChI is InChI=1S/C39H62O12/c1-18-8-13-39(46-17-18)19(2)28-26(51-39)15-25-23-7-6-21-14-22(9-11-37(21,4)24(23)10-12-38(25,28)5)48-36-34(32(44)30(42)27(16-40)49-36)50-35-33(45)31(43)29(41)20(3)47-35/h6,18-20,22-36,40-45H,7-17H2,1-5H3/t18-,19+,20+,22+,23-,24+,25+,26+,27-,28+,29+,30-,31-,32+,33-,34-,35+,36-,37+,38+,39-/m1/s1.